The molecule has 0 unspecified atom stereocenters. The van der Waals surface area contributed by atoms with Crippen LogP contribution in [0, 0.1) is 0 Å². The number of aliphatic hydroxyl groups is 3. The number of rotatable bonds is 9. The Hall–Kier alpha value is -2.69. The van der Waals surface area contributed by atoms with E-state index >= 15 is 0 Å². The average Bonchev–Trinajstić information content (AvgIpc) is 2.95. The second-order valence-corrected chi connectivity index (χ2v) is 9.15. The first kappa shape index (κ1) is 34.5. The highest BCUT2D eigenvalue weighted by Gasteiger charge is 2.47. The van der Waals surface area contributed by atoms with E-state index in [1.807, 2.05) is 24.3 Å². The number of aliphatic hydroxyl groups excluding tert-OH is 3. The third-order valence-corrected chi connectivity index (χ3v) is 6.22. The highest BCUT2D eigenvalue weighted by molar-refractivity contribution is 6.39. The van der Waals surface area contributed by atoms with Crippen molar-refractivity contribution >= 4 is 35.5 Å². The summed E-state index contributed by atoms with van der Waals surface area (Å²) in [6.45, 7) is -0.0661. The summed E-state index contributed by atoms with van der Waals surface area (Å²) >= 11 is 12.8. The van der Waals surface area contributed by atoms with Gasteiger partial charge in [-0.1, -0.05) is 47.5 Å². The number of aldehydes is 1. The van der Waals surface area contributed by atoms with Crippen molar-refractivity contribution in [2.24, 2.45) is 5.73 Å². The Morgan fingerprint density at radius 3 is 2.29 bits per heavy atom. The maximum atomic E-state index is 13.0. The SMILES string of the molecule is COc1c(C(=O)O[C@H]2[C@@H](OC)O[C@H](CO)[C@@H](O)[C@@H]2O)cc(Cl)c(OCc2cccc(CN)c2)c1Cl.O=CC(F)(F)F. The van der Waals surface area contributed by atoms with Gasteiger partial charge in [-0.3, -0.25) is 4.79 Å². The number of methoxy groups -OCH3 is 2. The Bertz CT molecular complexity index is 1190. The lowest BCUT2D eigenvalue weighted by Crippen LogP contribution is -2.60. The molecule has 5 atom stereocenters. The Morgan fingerprint density at radius 2 is 1.76 bits per heavy atom. The highest BCUT2D eigenvalue weighted by atomic mass is 35.5. The third kappa shape index (κ3) is 9.15. The average molecular weight is 630 g/mol. The molecular formula is C25H28Cl2F3NO10. The molecule has 1 saturated heterocycles. The van der Waals surface area contributed by atoms with Gasteiger partial charge >= 0.3 is 12.1 Å². The molecule has 2 aromatic carbocycles. The third-order valence-electron chi connectivity index (χ3n) is 5.60. The first-order chi connectivity index (χ1) is 19.3. The summed E-state index contributed by atoms with van der Waals surface area (Å²) in [4.78, 5) is 21.7. The zero-order valence-electron chi connectivity index (χ0n) is 21.6. The fraction of sp³-hybridized carbons (Fsp3) is 0.440. The number of benzene rings is 2. The van der Waals surface area contributed by atoms with Crippen molar-refractivity contribution in [2.45, 2.75) is 50.0 Å². The topological polar surface area (TPSA) is 167 Å². The number of hydrogen-bond donors (Lipinski definition) is 4. The van der Waals surface area contributed by atoms with Crippen molar-refractivity contribution < 1.29 is 61.8 Å². The molecule has 0 radical (unpaired) electrons. The van der Waals surface area contributed by atoms with Crippen LogP contribution in [0.25, 0.3) is 0 Å². The van der Waals surface area contributed by atoms with Crippen LogP contribution in [0.15, 0.2) is 30.3 Å². The fourth-order valence-corrected chi connectivity index (χ4v) is 4.27. The minimum Gasteiger partial charge on any atom is -0.494 e. The van der Waals surface area contributed by atoms with Crippen LogP contribution in [-0.4, -0.2) is 85.3 Å². The Balaban J connectivity index is 0.000000883. The van der Waals surface area contributed by atoms with E-state index in [-0.39, 0.29) is 33.7 Å². The molecule has 0 amide bonds. The minimum atomic E-state index is -4.64. The van der Waals surface area contributed by atoms with Crippen molar-refractivity contribution in [3.63, 3.8) is 0 Å². The Labute approximate surface area is 242 Å². The number of ether oxygens (including phenoxy) is 5. The Morgan fingerprint density at radius 1 is 1.12 bits per heavy atom. The predicted octanol–water partition coefficient (Wildman–Crippen LogP) is 2.40. The normalized spacial score (nSPS) is 22.3. The fourth-order valence-electron chi connectivity index (χ4n) is 3.63. The molecule has 1 heterocycles. The standard InChI is InChI=1S/C23H27Cl2NO9.C2HF3O/c1-31-19-13(22(30)35-21-18(29)17(28)15(9-27)34-23(21)32-2)7-14(24)20(16(19)25)33-10-12-5-3-4-11(6-12)8-26;3-2(4,5)1-6/h3-7,15,17-18,21,23,27-29H,8-10,26H2,1-2H3;1H/t15-,17-,18+,21-,23+;/m1./s1. The van der Waals surface area contributed by atoms with Crippen LogP contribution in [0.4, 0.5) is 13.2 Å². The molecule has 5 N–H and O–H groups in total. The van der Waals surface area contributed by atoms with Gasteiger partial charge in [-0.15, -0.1) is 0 Å². The number of nitrogens with two attached hydrogens (primary N) is 1. The van der Waals surface area contributed by atoms with Gasteiger partial charge in [0.05, 0.1) is 18.7 Å². The molecule has 1 aliphatic rings. The summed E-state index contributed by atoms with van der Waals surface area (Å²) < 4.78 is 58.2. The lowest BCUT2D eigenvalue weighted by atomic mass is 9.99. The van der Waals surface area contributed by atoms with Crippen LogP contribution >= 0.6 is 23.2 Å². The summed E-state index contributed by atoms with van der Waals surface area (Å²) in [6, 6.07) is 8.72. The van der Waals surface area contributed by atoms with Crippen LogP contribution in [-0.2, 0) is 32.2 Å². The number of carbonyl (C=O) groups excluding carboxylic acids is 2. The van der Waals surface area contributed by atoms with Crippen molar-refractivity contribution in [3.05, 3.63) is 57.1 Å². The van der Waals surface area contributed by atoms with E-state index in [1.165, 1.54) is 20.3 Å². The van der Waals surface area contributed by atoms with Crippen molar-refractivity contribution in [3.8, 4) is 11.5 Å². The van der Waals surface area contributed by atoms with Crippen LogP contribution < -0.4 is 15.2 Å². The van der Waals surface area contributed by atoms with Gasteiger partial charge in [0.1, 0.15) is 35.5 Å². The van der Waals surface area contributed by atoms with Gasteiger partial charge in [0.15, 0.2) is 23.9 Å². The molecule has 0 saturated carbocycles. The van der Waals surface area contributed by atoms with Crippen LogP contribution in [0.5, 0.6) is 11.5 Å². The number of carbonyl (C=O) groups is 2. The summed E-state index contributed by atoms with van der Waals surface area (Å²) in [5.41, 5.74) is 7.28. The summed E-state index contributed by atoms with van der Waals surface area (Å²) in [7, 11) is 2.56. The van der Waals surface area contributed by atoms with Gasteiger partial charge in [0.25, 0.3) is 0 Å². The minimum absolute atomic E-state index is 0.0156. The van der Waals surface area contributed by atoms with Crippen molar-refractivity contribution in [2.75, 3.05) is 20.8 Å². The summed E-state index contributed by atoms with van der Waals surface area (Å²) in [6.07, 6.45) is -12.6. The molecule has 2 aromatic rings. The molecule has 0 spiro atoms. The van der Waals surface area contributed by atoms with Crippen molar-refractivity contribution in [1.29, 1.82) is 0 Å². The summed E-state index contributed by atoms with van der Waals surface area (Å²) in [5, 5.41) is 29.8. The number of alkyl halides is 3. The first-order valence-corrected chi connectivity index (χ1v) is 12.4. The molecule has 1 aliphatic heterocycles. The second-order valence-electron chi connectivity index (χ2n) is 8.37. The molecule has 41 heavy (non-hydrogen) atoms. The molecule has 3 rings (SSSR count). The lowest BCUT2D eigenvalue weighted by molar-refractivity contribution is -0.293. The monoisotopic (exact) mass is 629 g/mol. The zero-order chi connectivity index (χ0) is 30.9. The van der Waals surface area contributed by atoms with E-state index < -0.39 is 55.7 Å². The van der Waals surface area contributed by atoms with E-state index in [4.69, 9.17) is 57.4 Å². The predicted molar refractivity (Wildman–Crippen MR) is 138 cm³/mol. The van der Waals surface area contributed by atoms with Gasteiger partial charge in [-0.05, 0) is 17.2 Å². The van der Waals surface area contributed by atoms with E-state index in [1.54, 1.807) is 0 Å². The number of hydrogen-bond acceptors (Lipinski definition) is 11. The van der Waals surface area contributed by atoms with Crippen LogP contribution in [0.2, 0.25) is 10.0 Å². The zero-order valence-corrected chi connectivity index (χ0v) is 23.2. The van der Waals surface area contributed by atoms with Gasteiger partial charge in [0, 0.05) is 13.7 Å². The van der Waals surface area contributed by atoms with E-state index in [0.29, 0.717) is 6.54 Å². The molecular weight excluding hydrogens is 602 g/mol. The number of esters is 1. The quantitative estimate of drug-likeness (QED) is 0.237. The maximum absolute atomic E-state index is 13.0. The maximum Gasteiger partial charge on any atom is 0.446 e. The van der Waals surface area contributed by atoms with Crippen molar-refractivity contribution in [1.82, 2.24) is 0 Å². The molecule has 11 nitrogen and oxygen atoms in total. The van der Waals surface area contributed by atoms with E-state index in [0.717, 1.165) is 11.1 Å². The molecule has 1 fully saturated rings. The van der Waals surface area contributed by atoms with E-state index in [2.05, 4.69) is 0 Å². The van der Waals surface area contributed by atoms with Crippen LogP contribution in [0.3, 0.4) is 0 Å². The molecule has 0 bridgehead atoms. The smallest absolute Gasteiger partial charge is 0.446 e. The highest BCUT2D eigenvalue weighted by Crippen LogP contribution is 2.43. The molecule has 0 aromatic heterocycles. The van der Waals surface area contributed by atoms with Gasteiger partial charge in [-0.25, -0.2) is 4.79 Å². The van der Waals surface area contributed by atoms with Gasteiger partial charge < -0.3 is 44.7 Å². The lowest BCUT2D eigenvalue weighted by Gasteiger charge is -2.40. The van der Waals surface area contributed by atoms with Gasteiger partial charge in [0.2, 0.25) is 6.29 Å². The van der Waals surface area contributed by atoms with E-state index in [9.17, 15) is 33.3 Å². The summed E-state index contributed by atoms with van der Waals surface area (Å²) in [5.74, 6) is -0.949. The largest absolute Gasteiger partial charge is 0.494 e. The van der Waals surface area contributed by atoms with Crippen LogP contribution in [0.1, 0.15) is 21.5 Å². The number of halogens is 5. The molecule has 16 heteroatoms. The molecule has 0 aliphatic carbocycles. The Kier molecular flexibility index (Phi) is 13.1. The van der Waals surface area contributed by atoms with Gasteiger partial charge in [-0.2, -0.15) is 13.2 Å². The second kappa shape index (κ2) is 15.5. The first-order valence-electron chi connectivity index (χ1n) is 11.7. The molecule has 228 valence electrons.